The number of nitrogens with one attached hydrogen (secondary N) is 1. The second-order valence-electron chi connectivity index (χ2n) is 5.72. The first-order chi connectivity index (χ1) is 10.5. The second-order valence-corrected chi connectivity index (χ2v) is 5.72. The number of aromatic nitrogens is 1. The van der Waals surface area contributed by atoms with Gasteiger partial charge >= 0.3 is 0 Å². The van der Waals surface area contributed by atoms with Crippen LogP contribution < -0.4 is 10.1 Å². The molecule has 2 aromatic rings. The van der Waals surface area contributed by atoms with Crippen LogP contribution in [-0.2, 0) is 6.42 Å². The summed E-state index contributed by atoms with van der Waals surface area (Å²) >= 11 is 0. The third kappa shape index (κ3) is 3.87. The molecule has 120 valence electrons. The fourth-order valence-corrected chi connectivity index (χ4v) is 2.28. The lowest BCUT2D eigenvalue weighted by atomic mass is 10.1. The van der Waals surface area contributed by atoms with E-state index in [1.165, 1.54) is 0 Å². The topological polar surface area (TPSA) is 67.5 Å². The van der Waals surface area contributed by atoms with E-state index in [9.17, 15) is 5.11 Å². The van der Waals surface area contributed by atoms with Gasteiger partial charge in [-0.2, -0.15) is 0 Å². The molecule has 1 atom stereocenters. The van der Waals surface area contributed by atoms with Crippen molar-refractivity contribution in [3.8, 4) is 5.75 Å². The van der Waals surface area contributed by atoms with Crippen LogP contribution in [0.2, 0.25) is 0 Å². The molecule has 1 heterocycles. The Morgan fingerprint density at radius 3 is 2.91 bits per heavy atom. The van der Waals surface area contributed by atoms with Crippen LogP contribution in [0.15, 0.2) is 29.3 Å². The molecule has 22 heavy (non-hydrogen) atoms. The monoisotopic (exact) mass is 304 g/mol. The Kier molecular flexibility index (Phi) is 5.57. The Hall–Kier alpha value is -1.85. The maximum absolute atomic E-state index is 10.0. The molecular weight excluding hydrogens is 280 g/mol. The molecule has 1 aromatic carbocycles. The zero-order chi connectivity index (χ0) is 16.1. The first-order valence-corrected chi connectivity index (χ1v) is 7.56. The maximum atomic E-state index is 10.0. The molecule has 5 heteroatoms. The average molecular weight is 304 g/mol. The van der Waals surface area contributed by atoms with Gasteiger partial charge in [0.2, 0.25) is 0 Å². The van der Waals surface area contributed by atoms with Crippen molar-refractivity contribution >= 4 is 11.0 Å². The van der Waals surface area contributed by atoms with Crippen molar-refractivity contribution in [2.24, 2.45) is 0 Å². The van der Waals surface area contributed by atoms with Gasteiger partial charge in [-0.15, -0.1) is 6.58 Å². The van der Waals surface area contributed by atoms with Gasteiger partial charge in [0.05, 0.1) is 11.1 Å². The molecule has 0 aliphatic rings. The van der Waals surface area contributed by atoms with Gasteiger partial charge in [0.1, 0.15) is 18.5 Å². The minimum atomic E-state index is -0.575. The minimum Gasteiger partial charge on any atom is -0.490 e. The molecule has 2 N–H and O–H groups in total. The van der Waals surface area contributed by atoms with Crippen molar-refractivity contribution in [1.29, 1.82) is 0 Å². The first-order valence-electron chi connectivity index (χ1n) is 7.56. The van der Waals surface area contributed by atoms with E-state index in [-0.39, 0.29) is 6.61 Å². The number of aliphatic hydroxyl groups excluding tert-OH is 1. The van der Waals surface area contributed by atoms with E-state index in [4.69, 9.17) is 9.26 Å². The van der Waals surface area contributed by atoms with Gasteiger partial charge in [0, 0.05) is 12.6 Å². The number of hydrogen-bond acceptors (Lipinski definition) is 5. The zero-order valence-corrected chi connectivity index (χ0v) is 13.4. The molecule has 0 aliphatic heterocycles. The summed E-state index contributed by atoms with van der Waals surface area (Å²) < 4.78 is 11.2. The Labute approximate surface area is 130 Å². The van der Waals surface area contributed by atoms with Crippen LogP contribution in [-0.4, -0.2) is 35.6 Å². The minimum absolute atomic E-state index is 0.216. The van der Waals surface area contributed by atoms with Crippen LogP contribution in [0.5, 0.6) is 5.75 Å². The number of aliphatic hydroxyl groups is 1. The highest BCUT2D eigenvalue weighted by Crippen LogP contribution is 2.33. The standard InChI is InChI=1S/C17H24N2O3/c1-5-6-13-7-8-15-16(12(4)19-22-15)17(13)21-10-14(20)9-18-11(2)3/h5,7-8,11,14,18,20H,1,6,9-10H2,2-4H3. The molecule has 0 bridgehead atoms. The van der Waals surface area contributed by atoms with Crippen LogP contribution in [0, 0.1) is 6.92 Å². The SMILES string of the molecule is C=CCc1ccc2onc(C)c2c1OCC(O)CNC(C)C. The highest BCUT2D eigenvalue weighted by molar-refractivity contribution is 5.87. The molecule has 0 aliphatic carbocycles. The number of allylic oxidation sites excluding steroid dienone is 1. The van der Waals surface area contributed by atoms with Crippen LogP contribution in [0.3, 0.4) is 0 Å². The summed E-state index contributed by atoms with van der Waals surface area (Å²) in [6, 6.07) is 4.16. The van der Waals surface area contributed by atoms with Crippen molar-refractivity contribution in [3.63, 3.8) is 0 Å². The Balaban J connectivity index is 2.18. The first kappa shape index (κ1) is 16.5. The van der Waals surface area contributed by atoms with Crippen molar-refractivity contribution in [2.75, 3.05) is 13.2 Å². The van der Waals surface area contributed by atoms with Gasteiger partial charge in [-0.25, -0.2) is 0 Å². The summed E-state index contributed by atoms with van der Waals surface area (Å²) in [7, 11) is 0. The zero-order valence-electron chi connectivity index (χ0n) is 13.4. The molecule has 0 fully saturated rings. The number of rotatable bonds is 8. The molecule has 0 saturated carbocycles. The van der Waals surface area contributed by atoms with Crippen molar-refractivity contribution in [2.45, 2.75) is 39.3 Å². The number of hydrogen-bond donors (Lipinski definition) is 2. The molecular formula is C17H24N2O3. The largest absolute Gasteiger partial charge is 0.490 e. The van der Waals surface area contributed by atoms with E-state index in [1.807, 2.05) is 39.0 Å². The summed E-state index contributed by atoms with van der Waals surface area (Å²) in [6.45, 7) is 10.4. The predicted molar refractivity (Wildman–Crippen MR) is 87.3 cm³/mol. The molecule has 2 rings (SSSR count). The summed E-state index contributed by atoms with van der Waals surface area (Å²) in [5.74, 6) is 0.722. The summed E-state index contributed by atoms with van der Waals surface area (Å²) in [5, 5.41) is 18.1. The van der Waals surface area contributed by atoms with E-state index in [2.05, 4.69) is 17.1 Å². The molecule has 0 saturated heterocycles. The lowest BCUT2D eigenvalue weighted by Crippen LogP contribution is -2.35. The summed E-state index contributed by atoms with van der Waals surface area (Å²) in [6.07, 6.45) is 1.94. The number of ether oxygens (including phenoxy) is 1. The number of benzene rings is 1. The van der Waals surface area contributed by atoms with E-state index in [1.54, 1.807) is 0 Å². The molecule has 0 amide bonds. The van der Waals surface area contributed by atoms with E-state index in [0.717, 1.165) is 22.4 Å². The van der Waals surface area contributed by atoms with Crippen molar-refractivity contribution in [1.82, 2.24) is 10.5 Å². The van der Waals surface area contributed by atoms with Gasteiger partial charge < -0.3 is 19.7 Å². The quantitative estimate of drug-likeness (QED) is 0.734. The van der Waals surface area contributed by atoms with Crippen LogP contribution in [0.4, 0.5) is 0 Å². The molecule has 5 nitrogen and oxygen atoms in total. The third-order valence-electron chi connectivity index (χ3n) is 3.39. The number of fused-ring (bicyclic) bond motifs is 1. The molecule has 1 aromatic heterocycles. The van der Waals surface area contributed by atoms with Gasteiger partial charge in [0.15, 0.2) is 5.58 Å². The predicted octanol–water partition coefficient (Wildman–Crippen LogP) is 2.60. The molecule has 1 unspecified atom stereocenters. The smallest absolute Gasteiger partial charge is 0.170 e. The fraction of sp³-hybridized carbons (Fsp3) is 0.471. The lowest BCUT2D eigenvalue weighted by Gasteiger charge is -2.17. The summed E-state index contributed by atoms with van der Waals surface area (Å²) in [5.41, 5.74) is 2.48. The van der Waals surface area contributed by atoms with Gasteiger partial charge in [-0.1, -0.05) is 31.1 Å². The highest BCUT2D eigenvalue weighted by Gasteiger charge is 2.16. The van der Waals surface area contributed by atoms with Crippen molar-refractivity contribution in [3.05, 3.63) is 36.0 Å². The van der Waals surface area contributed by atoms with E-state index >= 15 is 0 Å². The highest BCUT2D eigenvalue weighted by atomic mass is 16.5. The normalized spacial score (nSPS) is 12.8. The second kappa shape index (κ2) is 7.42. The van der Waals surface area contributed by atoms with E-state index < -0.39 is 6.10 Å². The number of nitrogens with zero attached hydrogens (tertiary/aromatic N) is 1. The van der Waals surface area contributed by atoms with Gasteiger partial charge in [0.25, 0.3) is 0 Å². The third-order valence-corrected chi connectivity index (χ3v) is 3.39. The number of aryl methyl sites for hydroxylation is 1. The van der Waals surface area contributed by atoms with Crippen LogP contribution in [0.1, 0.15) is 25.1 Å². The molecule has 0 radical (unpaired) electrons. The van der Waals surface area contributed by atoms with Gasteiger partial charge in [-0.05, 0) is 25.0 Å². The Morgan fingerprint density at radius 2 is 2.23 bits per heavy atom. The Bertz CT molecular complexity index is 634. The lowest BCUT2D eigenvalue weighted by molar-refractivity contribution is 0.105. The fourth-order valence-electron chi connectivity index (χ4n) is 2.28. The van der Waals surface area contributed by atoms with Crippen LogP contribution in [0.25, 0.3) is 11.0 Å². The Morgan fingerprint density at radius 1 is 1.45 bits per heavy atom. The maximum Gasteiger partial charge on any atom is 0.170 e. The molecule has 0 spiro atoms. The van der Waals surface area contributed by atoms with E-state index in [0.29, 0.717) is 24.6 Å². The van der Waals surface area contributed by atoms with Gasteiger partial charge in [-0.3, -0.25) is 0 Å². The van der Waals surface area contributed by atoms with Crippen LogP contribution >= 0.6 is 0 Å². The average Bonchev–Trinajstić information content (AvgIpc) is 2.86. The summed E-state index contributed by atoms with van der Waals surface area (Å²) in [4.78, 5) is 0. The van der Waals surface area contributed by atoms with Crippen molar-refractivity contribution < 1.29 is 14.4 Å².